The Balaban J connectivity index is 2.15. The van der Waals surface area contributed by atoms with Crippen LogP contribution in [0.15, 0.2) is 27.8 Å². The van der Waals surface area contributed by atoms with Crippen LogP contribution in [0.4, 0.5) is 0 Å². The molecule has 1 aliphatic heterocycles. The Kier molecular flexibility index (Phi) is 2.87. The van der Waals surface area contributed by atoms with E-state index in [9.17, 15) is 9.59 Å². The zero-order valence-electron chi connectivity index (χ0n) is 10.6. The lowest BCUT2D eigenvalue weighted by Crippen LogP contribution is -2.48. The fourth-order valence-electron chi connectivity index (χ4n) is 2.26. The van der Waals surface area contributed by atoms with Crippen molar-refractivity contribution in [1.29, 1.82) is 0 Å². The van der Waals surface area contributed by atoms with E-state index >= 15 is 0 Å². The minimum atomic E-state index is -0.352. The van der Waals surface area contributed by atoms with E-state index in [4.69, 9.17) is 4.74 Å². The summed E-state index contributed by atoms with van der Waals surface area (Å²) in [6, 6.07) is 5.06. The van der Waals surface area contributed by atoms with Crippen molar-refractivity contribution in [3.63, 3.8) is 0 Å². The first-order chi connectivity index (χ1) is 9.19. The number of nitrogens with zero attached hydrogens (tertiary/aromatic N) is 1. The summed E-state index contributed by atoms with van der Waals surface area (Å²) in [5, 5.41) is 3.61. The molecule has 2 aromatic rings. The fourth-order valence-corrected chi connectivity index (χ4v) is 2.26. The molecule has 1 aromatic heterocycles. The van der Waals surface area contributed by atoms with Crippen LogP contribution in [0.2, 0.25) is 0 Å². The smallest absolute Gasteiger partial charge is 0.328 e. The number of aromatic nitrogens is 2. The molecule has 0 spiro atoms. The van der Waals surface area contributed by atoms with Crippen molar-refractivity contribution in [3.8, 4) is 5.75 Å². The van der Waals surface area contributed by atoms with Crippen molar-refractivity contribution in [2.45, 2.75) is 6.54 Å². The molecular weight excluding hydrogens is 246 g/mol. The van der Waals surface area contributed by atoms with Crippen LogP contribution in [0.25, 0.3) is 10.9 Å². The molecule has 6 nitrogen and oxygen atoms in total. The highest BCUT2D eigenvalue weighted by molar-refractivity contribution is 5.78. The van der Waals surface area contributed by atoms with Gasteiger partial charge in [0.25, 0.3) is 5.56 Å². The van der Waals surface area contributed by atoms with Crippen LogP contribution in [0.5, 0.6) is 5.75 Å². The second-order valence-corrected chi connectivity index (χ2v) is 4.78. The molecule has 1 saturated heterocycles. The van der Waals surface area contributed by atoms with Gasteiger partial charge in [0, 0.05) is 25.6 Å². The fraction of sp³-hybridized carbons (Fsp3) is 0.385. The van der Waals surface area contributed by atoms with E-state index in [0.717, 1.165) is 13.1 Å². The van der Waals surface area contributed by atoms with E-state index < -0.39 is 0 Å². The molecule has 1 aliphatic rings. The Morgan fingerprint density at radius 1 is 1.37 bits per heavy atom. The maximum absolute atomic E-state index is 12.4. The Morgan fingerprint density at radius 3 is 2.79 bits per heavy atom. The van der Waals surface area contributed by atoms with E-state index in [-0.39, 0.29) is 11.2 Å². The number of fused-ring (bicyclic) bond motifs is 1. The molecule has 0 atom stereocenters. The summed E-state index contributed by atoms with van der Waals surface area (Å²) in [4.78, 5) is 27.0. The Bertz CT molecular complexity index is 728. The normalized spacial score (nSPS) is 15.4. The standard InChI is InChI=1S/C13H15N3O3/c1-19-9-2-3-11-10(4-9)12(17)16(13(18)15-11)7-8-5-14-6-8/h2-4,8,14H,5-7H2,1H3,(H,15,18). The number of methoxy groups -OCH3 is 1. The van der Waals surface area contributed by atoms with Crippen LogP contribution < -0.4 is 21.3 Å². The second-order valence-electron chi connectivity index (χ2n) is 4.78. The molecule has 6 heteroatoms. The van der Waals surface area contributed by atoms with Gasteiger partial charge < -0.3 is 15.0 Å². The van der Waals surface area contributed by atoms with Crippen LogP contribution in [0.1, 0.15) is 0 Å². The molecule has 0 radical (unpaired) electrons. The first kappa shape index (κ1) is 12.0. The number of ether oxygens (including phenoxy) is 1. The minimum Gasteiger partial charge on any atom is -0.497 e. The van der Waals surface area contributed by atoms with Gasteiger partial charge in [-0.1, -0.05) is 0 Å². The van der Waals surface area contributed by atoms with Crippen molar-refractivity contribution in [3.05, 3.63) is 39.0 Å². The van der Waals surface area contributed by atoms with Gasteiger partial charge in [0.05, 0.1) is 18.0 Å². The van der Waals surface area contributed by atoms with E-state index in [2.05, 4.69) is 10.3 Å². The lowest BCUT2D eigenvalue weighted by Gasteiger charge is -2.27. The quantitative estimate of drug-likeness (QED) is 0.810. The molecular formula is C13H15N3O3. The van der Waals surface area contributed by atoms with E-state index in [1.54, 1.807) is 25.3 Å². The van der Waals surface area contributed by atoms with Gasteiger partial charge >= 0.3 is 5.69 Å². The number of aromatic amines is 1. The summed E-state index contributed by atoms with van der Waals surface area (Å²) in [5.74, 6) is 0.954. The highest BCUT2D eigenvalue weighted by Crippen LogP contribution is 2.15. The summed E-state index contributed by atoms with van der Waals surface area (Å²) in [7, 11) is 1.55. The zero-order valence-corrected chi connectivity index (χ0v) is 10.6. The van der Waals surface area contributed by atoms with Crippen molar-refractivity contribution < 1.29 is 4.74 Å². The van der Waals surface area contributed by atoms with Gasteiger partial charge in [0.15, 0.2) is 0 Å². The average Bonchev–Trinajstić information content (AvgIpc) is 2.36. The topological polar surface area (TPSA) is 76.1 Å². The van der Waals surface area contributed by atoms with Gasteiger partial charge in [0.2, 0.25) is 0 Å². The van der Waals surface area contributed by atoms with Gasteiger partial charge in [-0.3, -0.25) is 9.36 Å². The Labute approximate surface area is 109 Å². The lowest BCUT2D eigenvalue weighted by molar-refractivity contribution is 0.299. The van der Waals surface area contributed by atoms with Crippen LogP contribution in [0.3, 0.4) is 0 Å². The minimum absolute atomic E-state index is 0.260. The summed E-state index contributed by atoms with van der Waals surface area (Å²) >= 11 is 0. The molecule has 19 heavy (non-hydrogen) atoms. The van der Waals surface area contributed by atoms with E-state index in [1.165, 1.54) is 4.57 Å². The van der Waals surface area contributed by atoms with Gasteiger partial charge in [0.1, 0.15) is 5.75 Å². The van der Waals surface area contributed by atoms with Crippen LogP contribution >= 0.6 is 0 Å². The number of hydrogen-bond donors (Lipinski definition) is 2. The van der Waals surface area contributed by atoms with Gasteiger partial charge in [-0.2, -0.15) is 0 Å². The molecule has 0 bridgehead atoms. The summed E-state index contributed by atoms with van der Waals surface area (Å²) in [6.07, 6.45) is 0. The molecule has 3 rings (SSSR count). The zero-order chi connectivity index (χ0) is 13.4. The summed E-state index contributed by atoms with van der Waals surface area (Å²) in [5.41, 5.74) is -0.0714. The van der Waals surface area contributed by atoms with Crippen LogP contribution in [0, 0.1) is 5.92 Å². The predicted molar refractivity (Wildman–Crippen MR) is 71.7 cm³/mol. The molecule has 0 unspecified atom stereocenters. The highest BCUT2D eigenvalue weighted by atomic mass is 16.5. The molecule has 0 amide bonds. The number of hydrogen-bond acceptors (Lipinski definition) is 4. The average molecular weight is 261 g/mol. The summed E-state index contributed by atoms with van der Waals surface area (Å²) in [6.45, 7) is 2.15. The van der Waals surface area contributed by atoms with Crippen LogP contribution in [-0.2, 0) is 6.54 Å². The monoisotopic (exact) mass is 261 g/mol. The van der Waals surface area contributed by atoms with Crippen molar-refractivity contribution >= 4 is 10.9 Å². The molecule has 100 valence electrons. The van der Waals surface area contributed by atoms with Gasteiger partial charge in [-0.25, -0.2) is 4.79 Å². The Morgan fingerprint density at radius 2 is 2.16 bits per heavy atom. The Hall–Kier alpha value is -2.08. The first-order valence-electron chi connectivity index (χ1n) is 6.20. The predicted octanol–water partition coefficient (Wildman–Crippen LogP) is -0.0822. The number of H-pyrrole nitrogens is 1. The molecule has 0 aliphatic carbocycles. The van der Waals surface area contributed by atoms with E-state index in [1.807, 2.05) is 0 Å². The molecule has 0 saturated carbocycles. The number of nitrogens with one attached hydrogen (secondary N) is 2. The molecule has 2 heterocycles. The van der Waals surface area contributed by atoms with Gasteiger partial charge in [-0.05, 0) is 18.2 Å². The summed E-state index contributed by atoms with van der Waals surface area (Å²) < 4.78 is 6.38. The van der Waals surface area contributed by atoms with Crippen molar-refractivity contribution in [2.75, 3.05) is 20.2 Å². The molecule has 1 aromatic carbocycles. The number of rotatable bonds is 3. The maximum atomic E-state index is 12.4. The third-order valence-corrected chi connectivity index (χ3v) is 3.50. The largest absolute Gasteiger partial charge is 0.497 e. The van der Waals surface area contributed by atoms with E-state index in [0.29, 0.717) is 29.1 Å². The van der Waals surface area contributed by atoms with Crippen LogP contribution in [-0.4, -0.2) is 29.8 Å². The maximum Gasteiger partial charge on any atom is 0.328 e. The SMILES string of the molecule is COc1ccc2[nH]c(=O)n(CC3CNC3)c(=O)c2c1. The van der Waals surface area contributed by atoms with Gasteiger partial charge in [-0.15, -0.1) is 0 Å². The number of benzene rings is 1. The molecule has 2 N–H and O–H groups in total. The first-order valence-corrected chi connectivity index (χ1v) is 6.20. The molecule has 1 fully saturated rings. The second kappa shape index (κ2) is 4.55. The third-order valence-electron chi connectivity index (χ3n) is 3.50. The lowest BCUT2D eigenvalue weighted by atomic mass is 10.0. The van der Waals surface area contributed by atoms with Crippen molar-refractivity contribution in [2.24, 2.45) is 5.92 Å². The highest BCUT2D eigenvalue weighted by Gasteiger charge is 2.19. The third kappa shape index (κ3) is 2.04. The van der Waals surface area contributed by atoms with Crippen molar-refractivity contribution in [1.82, 2.24) is 14.9 Å².